The summed E-state index contributed by atoms with van der Waals surface area (Å²) in [5, 5.41) is 13.1. The number of rotatable bonds is 12. The zero-order valence-electron chi connectivity index (χ0n) is 13.5. The third-order valence-corrected chi connectivity index (χ3v) is 3.94. The zero-order valence-corrected chi connectivity index (χ0v) is 13.5. The van der Waals surface area contributed by atoms with Crippen LogP contribution in [0.4, 0.5) is 0 Å². The van der Waals surface area contributed by atoms with Crippen LogP contribution in [0.1, 0.15) is 47.0 Å². The van der Waals surface area contributed by atoms with Gasteiger partial charge in [0.05, 0.1) is 13.2 Å². The molecule has 1 atom stereocenters. The molecule has 0 bridgehead atoms. The molecule has 1 unspecified atom stereocenters. The fraction of sp³-hybridized carbons (Fsp3) is 1.00. The van der Waals surface area contributed by atoms with E-state index >= 15 is 0 Å². The molecule has 0 spiro atoms. The van der Waals surface area contributed by atoms with Crippen LogP contribution < -0.4 is 5.32 Å². The van der Waals surface area contributed by atoms with Crippen LogP contribution in [-0.2, 0) is 4.74 Å². The van der Waals surface area contributed by atoms with Crippen molar-refractivity contribution in [2.75, 3.05) is 40.0 Å². The van der Waals surface area contributed by atoms with Crippen molar-refractivity contribution < 1.29 is 9.84 Å². The Morgan fingerprint density at radius 2 is 1.95 bits per heavy atom. The number of aliphatic hydroxyl groups is 1. The van der Waals surface area contributed by atoms with Gasteiger partial charge in [-0.05, 0) is 46.2 Å². The van der Waals surface area contributed by atoms with Crippen molar-refractivity contribution in [2.24, 2.45) is 0 Å². The molecule has 2 N–H and O–H groups in total. The molecule has 4 heteroatoms. The highest BCUT2D eigenvalue weighted by Crippen LogP contribution is 2.17. The molecule has 19 heavy (non-hydrogen) atoms. The molecule has 0 aliphatic carbocycles. The van der Waals surface area contributed by atoms with E-state index in [1.54, 1.807) is 7.11 Å². The number of nitrogens with one attached hydrogen (secondary N) is 1. The molecule has 0 aromatic heterocycles. The predicted molar refractivity (Wildman–Crippen MR) is 81.6 cm³/mol. The molecular formula is C15H34N2O2. The first-order valence-corrected chi connectivity index (χ1v) is 7.64. The second-order valence-electron chi connectivity index (χ2n) is 5.55. The van der Waals surface area contributed by atoms with E-state index in [0.717, 1.165) is 45.5 Å². The van der Waals surface area contributed by atoms with Gasteiger partial charge < -0.3 is 15.2 Å². The first kappa shape index (κ1) is 18.8. The number of likely N-dealkylation sites (N-methyl/N-ethyl adjacent to an activating group) is 1. The van der Waals surface area contributed by atoms with E-state index in [1.807, 2.05) is 0 Å². The van der Waals surface area contributed by atoms with Gasteiger partial charge in [0, 0.05) is 25.2 Å². The molecular weight excluding hydrogens is 240 g/mol. The largest absolute Gasteiger partial charge is 0.394 e. The molecule has 0 aliphatic rings. The summed E-state index contributed by atoms with van der Waals surface area (Å²) in [7, 11) is 1.75. The van der Waals surface area contributed by atoms with Crippen molar-refractivity contribution in [1.82, 2.24) is 10.2 Å². The quantitative estimate of drug-likeness (QED) is 0.570. The minimum absolute atomic E-state index is 0.0986. The fourth-order valence-electron chi connectivity index (χ4n) is 2.47. The first-order valence-electron chi connectivity index (χ1n) is 7.64. The Kier molecular flexibility index (Phi) is 10.5. The summed E-state index contributed by atoms with van der Waals surface area (Å²) >= 11 is 0. The summed E-state index contributed by atoms with van der Waals surface area (Å²) in [6, 6.07) is 0.541. The Labute approximate surface area is 119 Å². The zero-order chi connectivity index (χ0) is 14.7. The first-order chi connectivity index (χ1) is 9.05. The molecule has 116 valence electrons. The van der Waals surface area contributed by atoms with Gasteiger partial charge in [0.1, 0.15) is 0 Å². The van der Waals surface area contributed by atoms with Crippen LogP contribution in [0.3, 0.4) is 0 Å². The maximum Gasteiger partial charge on any atom is 0.0613 e. The Morgan fingerprint density at radius 1 is 1.26 bits per heavy atom. The highest BCUT2D eigenvalue weighted by molar-refractivity contribution is 4.86. The molecule has 0 aromatic carbocycles. The van der Waals surface area contributed by atoms with Crippen molar-refractivity contribution in [1.29, 1.82) is 0 Å². The lowest BCUT2D eigenvalue weighted by Gasteiger charge is -2.33. The van der Waals surface area contributed by atoms with Gasteiger partial charge in [0.15, 0.2) is 0 Å². The minimum Gasteiger partial charge on any atom is -0.394 e. The number of methoxy groups -OCH3 is 1. The van der Waals surface area contributed by atoms with Crippen LogP contribution in [0.5, 0.6) is 0 Å². The highest BCUT2D eigenvalue weighted by atomic mass is 16.5. The minimum atomic E-state index is -0.0986. The van der Waals surface area contributed by atoms with E-state index in [0.29, 0.717) is 6.04 Å². The number of aliphatic hydroxyl groups excluding tert-OH is 1. The van der Waals surface area contributed by atoms with Gasteiger partial charge in [-0.25, -0.2) is 0 Å². The maximum atomic E-state index is 9.63. The average molecular weight is 274 g/mol. The summed E-state index contributed by atoms with van der Waals surface area (Å²) in [5.74, 6) is 0. The maximum absolute atomic E-state index is 9.63. The van der Waals surface area contributed by atoms with Crippen LogP contribution in [0.25, 0.3) is 0 Å². The van der Waals surface area contributed by atoms with Crippen molar-refractivity contribution in [3.63, 3.8) is 0 Å². The smallest absolute Gasteiger partial charge is 0.0613 e. The average Bonchev–Trinajstić information content (AvgIpc) is 2.41. The summed E-state index contributed by atoms with van der Waals surface area (Å²) in [6.07, 6.45) is 3.09. The molecule has 0 aromatic rings. The fourth-order valence-corrected chi connectivity index (χ4v) is 2.47. The number of ether oxygens (including phenoxy) is 1. The summed E-state index contributed by atoms with van der Waals surface area (Å²) in [4.78, 5) is 2.44. The molecule has 0 amide bonds. The standard InChI is InChI=1S/C15H34N2O2/c1-6-15(13-18,16-7-2)9-8-10-17(14(3)4)11-12-19-5/h14,16,18H,6-13H2,1-5H3. The van der Waals surface area contributed by atoms with Crippen LogP contribution in [-0.4, -0.2) is 61.5 Å². The van der Waals surface area contributed by atoms with E-state index < -0.39 is 0 Å². The number of hydrogen-bond donors (Lipinski definition) is 2. The van der Waals surface area contributed by atoms with Crippen molar-refractivity contribution in [3.8, 4) is 0 Å². The van der Waals surface area contributed by atoms with Crippen LogP contribution in [0, 0.1) is 0 Å². The van der Waals surface area contributed by atoms with Gasteiger partial charge in [-0.1, -0.05) is 13.8 Å². The van der Waals surface area contributed by atoms with E-state index in [-0.39, 0.29) is 12.1 Å². The van der Waals surface area contributed by atoms with Crippen molar-refractivity contribution in [2.45, 2.75) is 58.5 Å². The van der Waals surface area contributed by atoms with Crippen LogP contribution in [0.2, 0.25) is 0 Å². The van der Waals surface area contributed by atoms with E-state index in [4.69, 9.17) is 4.74 Å². The normalized spacial score (nSPS) is 15.2. The van der Waals surface area contributed by atoms with Gasteiger partial charge in [-0.3, -0.25) is 4.90 Å². The van der Waals surface area contributed by atoms with Crippen LogP contribution in [0.15, 0.2) is 0 Å². The van der Waals surface area contributed by atoms with Gasteiger partial charge in [0.2, 0.25) is 0 Å². The second-order valence-corrected chi connectivity index (χ2v) is 5.55. The molecule has 0 heterocycles. The Morgan fingerprint density at radius 3 is 2.37 bits per heavy atom. The number of hydrogen-bond acceptors (Lipinski definition) is 4. The monoisotopic (exact) mass is 274 g/mol. The Balaban J connectivity index is 4.20. The van der Waals surface area contributed by atoms with Crippen LogP contribution >= 0.6 is 0 Å². The molecule has 0 radical (unpaired) electrons. The topological polar surface area (TPSA) is 44.7 Å². The predicted octanol–water partition coefficient (Wildman–Crippen LogP) is 1.87. The number of nitrogens with zero attached hydrogens (tertiary/aromatic N) is 1. The summed E-state index contributed by atoms with van der Waals surface area (Å²) in [6.45, 7) is 12.6. The Hall–Kier alpha value is -0.160. The summed E-state index contributed by atoms with van der Waals surface area (Å²) in [5.41, 5.74) is -0.0986. The molecule has 0 saturated heterocycles. The van der Waals surface area contributed by atoms with Gasteiger partial charge in [-0.2, -0.15) is 0 Å². The lowest BCUT2D eigenvalue weighted by atomic mass is 9.91. The van der Waals surface area contributed by atoms with Gasteiger partial charge in [-0.15, -0.1) is 0 Å². The molecule has 0 saturated carbocycles. The molecule has 4 nitrogen and oxygen atoms in total. The summed E-state index contributed by atoms with van der Waals surface area (Å²) < 4.78 is 5.16. The lowest BCUT2D eigenvalue weighted by Crippen LogP contribution is -2.48. The molecule has 0 rings (SSSR count). The SMILES string of the molecule is CCNC(CC)(CO)CCCN(CCOC)C(C)C. The Bertz CT molecular complexity index is 206. The van der Waals surface area contributed by atoms with E-state index in [1.165, 1.54) is 0 Å². The lowest BCUT2D eigenvalue weighted by molar-refractivity contribution is 0.114. The molecule has 0 fully saturated rings. The second kappa shape index (κ2) is 10.6. The van der Waals surface area contributed by atoms with E-state index in [9.17, 15) is 5.11 Å². The van der Waals surface area contributed by atoms with Crippen molar-refractivity contribution >= 4 is 0 Å². The van der Waals surface area contributed by atoms with Gasteiger partial charge >= 0.3 is 0 Å². The highest BCUT2D eigenvalue weighted by Gasteiger charge is 2.25. The third-order valence-electron chi connectivity index (χ3n) is 3.94. The molecule has 0 aliphatic heterocycles. The van der Waals surface area contributed by atoms with Crippen molar-refractivity contribution in [3.05, 3.63) is 0 Å². The third kappa shape index (κ3) is 7.25. The van der Waals surface area contributed by atoms with Gasteiger partial charge in [0.25, 0.3) is 0 Å². The van der Waals surface area contributed by atoms with E-state index in [2.05, 4.69) is 37.9 Å².